The van der Waals surface area contributed by atoms with Crippen LogP contribution in [0, 0.1) is 0 Å². The third-order valence-corrected chi connectivity index (χ3v) is 2.40. The van der Waals surface area contributed by atoms with E-state index < -0.39 is 0 Å². The number of primary amides is 1. The number of carbonyl (C=O) groups is 1. The molecule has 1 amide bonds. The molecule has 82 valence electrons. The van der Waals surface area contributed by atoms with Crippen molar-refractivity contribution in [1.82, 2.24) is 0 Å². The second kappa shape index (κ2) is 8.79. The Morgan fingerprint density at radius 1 is 1.14 bits per heavy atom. The molecule has 0 aromatic rings. The minimum atomic E-state index is -0.295. The lowest BCUT2D eigenvalue weighted by atomic mass is 10.1. The predicted octanol–water partition coefficient (Wildman–Crippen LogP) is 3.17. The zero-order valence-corrected chi connectivity index (χ0v) is 9.51. The van der Waals surface area contributed by atoms with Crippen LogP contribution in [0.1, 0.15) is 58.8 Å². The Bertz CT molecular complexity index is 185. The fourth-order valence-corrected chi connectivity index (χ4v) is 1.34. The van der Waals surface area contributed by atoms with E-state index in [-0.39, 0.29) is 5.91 Å². The number of hydrogen-bond acceptors (Lipinski definition) is 1. The van der Waals surface area contributed by atoms with Crippen molar-refractivity contribution in [2.24, 2.45) is 5.73 Å². The van der Waals surface area contributed by atoms with E-state index in [1.807, 2.05) is 6.08 Å². The number of carbonyl (C=O) groups excluding carboxylic acids is 1. The highest BCUT2D eigenvalue weighted by molar-refractivity contribution is 5.91. The van der Waals surface area contributed by atoms with Gasteiger partial charge in [0.25, 0.3) is 0 Å². The van der Waals surface area contributed by atoms with E-state index in [1.165, 1.54) is 38.5 Å². The molecule has 2 heteroatoms. The molecule has 0 bridgehead atoms. The first kappa shape index (κ1) is 13.2. The number of allylic oxidation sites excluding steroid dienone is 1. The van der Waals surface area contributed by atoms with Crippen LogP contribution in [0.15, 0.2) is 11.6 Å². The predicted molar refractivity (Wildman–Crippen MR) is 60.9 cm³/mol. The first-order chi connectivity index (χ1) is 6.68. The van der Waals surface area contributed by atoms with Crippen LogP contribution in [0.5, 0.6) is 0 Å². The maximum atomic E-state index is 10.7. The molecule has 2 nitrogen and oxygen atoms in total. The zero-order valence-electron chi connectivity index (χ0n) is 9.51. The highest BCUT2D eigenvalue weighted by Gasteiger charge is 1.95. The van der Waals surface area contributed by atoms with Gasteiger partial charge in [-0.15, -0.1) is 0 Å². The van der Waals surface area contributed by atoms with E-state index >= 15 is 0 Å². The number of hydrogen-bond donors (Lipinski definition) is 1. The Hall–Kier alpha value is -0.790. The summed E-state index contributed by atoms with van der Waals surface area (Å²) in [4.78, 5) is 10.7. The first-order valence-corrected chi connectivity index (χ1v) is 5.65. The highest BCUT2D eigenvalue weighted by atomic mass is 16.1. The van der Waals surface area contributed by atoms with Crippen LogP contribution in [0.3, 0.4) is 0 Å². The van der Waals surface area contributed by atoms with Crippen molar-refractivity contribution in [3.8, 4) is 0 Å². The second-order valence-corrected chi connectivity index (χ2v) is 3.81. The standard InChI is InChI=1S/C12H23NO/c1-3-4-5-6-7-8-9-10-11(2)12(13)14/h10H,3-9H2,1-2H3,(H2,13,14)/b11-10+. The van der Waals surface area contributed by atoms with E-state index in [0.29, 0.717) is 5.57 Å². The number of unbranched alkanes of at least 4 members (excludes halogenated alkanes) is 6. The Morgan fingerprint density at radius 3 is 2.29 bits per heavy atom. The molecule has 0 unspecified atom stereocenters. The van der Waals surface area contributed by atoms with Crippen LogP contribution in [-0.2, 0) is 4.79 Å². The van der Waals surface area contributed by atoms with E-state index in [0.717, 1.165) is 6.42 Å². The molecule has 0 rings (SSSR count). The number of amides is 1. The van der Waals surface area contributed by atoms with Gasteiger partial charge in [0.15, 0.2) is 0 Å². The van der Waals surface area contributed by atoms with Crippen LogP contribution < -0.4 is 5.73 Å². The van der Waals surface area contributed by atoms with Crippen LogP contribution >= 0.6 is 0 Å². The van der Waals surface area contributed by atoms with Crippen molar-refractivity contribution in [2.45, 2.75) is 58.8 Å². The zero-order chi connectivity index (χ0) is 10.8. The van der Waals surface area contributed by atoms with Crippen LogP contribution in [0.4, 0.5) is 0 Å². The van der Waals surface area contributed by atoms with E-state index in [2.05, 4.69) is 6.92 Å². The first-order valence-electron chi connectivity index (χ1n) is 5.65. The van der Waals surface area contributed by atoms with Gasteiger partial charge < -0.3 is 5.73 Å². The maximum Gasteiger partial charge on any atom is 0.244 e. The third-order valence-electron chi connectivity index (χ3n) is 2.40. The van der Waals surface area contributed by atoms with Gasteiger partial charge in [-0.25, -0.2) is 0 Å². The lowest BCUT2D eigenvalue weighted by Gasteiger charge is -1.98. The molecule has 0 atom stereocenters. The van der Waals surface area contributed by atoms with Crippen LogP contribution in [0.2, 0.25) is 0 Å². The molecular formula is C12H23NO. The minimum Gasteiger partial charge on any atom is -0.366 e. The molecule has 0 radical (unpaired) electrons. The summed E-state index contributed by atoms with van der Waals surface area (Å²) in [6, 6.07) is 0. The average molecular weight is 197 g/mol. The van der Waals surface area contributed by atoms with Crippen molar-refractivity contribution in [3.63, 3.8) is 0 Å². The van der Waals surface area contributed by atoms with Gasteiger partial charge in [-0.2, -0.15) is 0 Å². The molecule has 0 heterocycles. The molecule has 0 saturated heterocycles. The fourth-order valence-electron chi connectivity index (χ4n) is 1.34. The summed E-state index contributed by atoms with van der Waals surface area (Å²) >= 11 is 0. The maximum absolute atomic E-state index is 10.7. The molecule has 0 saturated carbocycles. The Morgan fingerprint density at radius 2 is 1.71 bits per heavy atom. The van der Waals surface area contributed by atoms with E-state index in [4.69, 9.17) is 5.73 Å². The Kier molecular flexibility index (Phi) is 8.30. The molecule has 0 fully saturated rings. The second-order valence-electron chi connectivity index (χ2n) is 3.81. The summed E-state index contributed by atoms with van der Waals surface area (Å²) in [5.74, 6) is -0.295. The summed E-state index contributed by atoms with van der Waals surface area (Å²) in [5, 5.41) is 0. The number of rotatable bonds is 8. The normalized spacial score (nSPS) is 11.7. The van der Waals surface area contributed by atoms with Crippen molar-refractivity contribution in [3.05, 3.63) is 11.6 Å². The van der Waals surface area contributed by atoms with Gasteiger partial charge in [-0.1, -0.05) is 45.1 Å². The summed E-state index contributed by atoms with van der Waals surface area (Å²) in [6.07, 6.45) is 10.7. The van der Waals surface area contributed by atoms with Crippen molar-refractivity contribution < 1.29 is 4.79 Å². The Balaban J connectivity index is 3.29. The van der Waals surface area contributed by atoms with Gasteiger partial charge in [0.2, 0.25) is 5.91 Å². The van der Waals surface area contributed by atoms with Gasteiger partial charge in [-0.3, -0.25) is 4.79 Å². The van der Waals surface area contributed by atoms with Gasteiger partial charge in [0.1, 0.15) is 0 Å². The van der Waals surface area contributed by atoms with Crippen molar-refractivity contribution in [1.29, 1.82) is 0 Å². The summed E-state index contributed by atoms with van der Waals surface area (Å²) in [7, 11) is 0. The monoisotopic (exact) mass is 197 g/mol. The van der Waals surface area contributed by atoms with Crippen molar-refractivity contribution >= 4 is 5.91 Å². The molecule has 0 aromatic carbocycles. The summed E-state index contributed by atoms with van der Waals surface area (Å²) < 4.78 is 0. The molecular weight excluding hydrogens is 174 g/mol. The van der Waals surface area contributed by atoms with E-state index in [1.54, 1.807) is 6.92 Å². The smallest absolute Gasteiger partial charge is 0.244 e. The fraction of sp³-hybridized carbons (Fsp3) is 0.750. The third kappa shape index (κ3) is 7.84. The summed E-state index contributed by atoms with van der Waals surface area (Å²) in [6.45, 7) is 4.00. The van der Waals surface area contributed by atoms with Gasteiger partial charge in [-0.05, 0) is 19.8 Å². The average Bonchev–Trinajstić information content (AvgIpc) is 2.16. The molecule has 0 aliphatic rings. The minimum absolute atomic E-state index is 0.295. The van der Waals surface area contributed by atoms with Gasteiger partial charge in [0.05, 0.1) is 0 Å². The lowest BCUT2D eigenvalue weighted by molar-refractivity contribution is -0.114. The van der Waals surface area contributed by atoms with Crippen molar-refractivity contribution in [2.75, 3.05) is 0 Å². The molecule has 0 aliphatic carbocycles. The van der Waals surface area contributed by atoms with Crippen LogP contribution in [-0.4, -0.2) is 5.91 Å². The lowest BCUT2D eigenvalue weighted by Crippen LogP contribution is -2.11. The molecule has 0 aliphatic heterocycles. The largest absolute Gasteiger partial charge is 0.366 e. The highest BCUT2D eigenvalue weighted by Crippen LogP contribution is 2.08. The SMILES string of the molecule is CCCCCCCC/C=C(\C)C(N)=O. The topological polar surface area (TPSA) is 43.1 Å². The number of nitrogens with two attached hydrogens (primary N) is 1. The Labute approximate surface area is 87.6 Å². The van der Waals surface area contributed by atoms with Gasteiger partial charge >= 0.3 is 0 Å². The molecule has 2 N–H and O–H groups in total. The van der Waals surface area contributed by atoms with Gasteiger partial charge in [0, 0.05) is 5.57 Å². The molecule has 14 heavy (non-hydrogen) atoms. The molecule has 0 aromatic heterocycles. The van der Waals surface area contributed by atoms with Crippen LogP contribution in [0.25, 0.3) is 0 Å². The molecule has 0 spiro atoms. The van der Waals surface area contributed by atoms with E-state index in [9.17, 15) is 4.79 Å². The summed E-state index contributed by atoms with van der Waals surface area (Å²) in [5.41, 5.74) is 5.80. The quantitative estimate of drug-likeness (QED) is 0.471.